The molecule has 2 aromatic heterocycles. The molecule has 0 aromatic carbocycles. The molecule has 0 amide bonds. The Bertz CT molecular complexity index is 559. The van der Waals surface area contributed by atoms with Crippen LogP contribution in [0.5, 0.6) is 0 Å². The molecule has 1 N–H and O–H groups in total. The SMILES string of the molecule is CCNC(Cc1cn2ccsc2n1)C1CC2CCC1C2. The molecule has 4 heteroatoms. The first-order valence-electron chi connectivity index (χ1n) is 7.98. The van der Waals surface area contributed by atoms with E-state index < -0.39 is 0 Å². The second kappa shape index (κ2) is 5.15. The molecule has 108 valence electrons. The Morgan fingerprint density at radius 1 is 1.45 bits per heavy atom. The van der Waals surface area contributed by atoms with Crippen LogP contribution in [-0.4, -0.2) is 22.0 Å². The molecule has 2 aromatic rings. The van der Waals surface area contributed by atoms with Gasteiger partial charge in [0.25, 0.3) is 0 Å². The van der Waals surface area contributed by atoms with E-state index in [1.165, 1.54) is 31.4 Å². The Morgan fingerprint density at radius 2 is 2.40 bits per heavy atom. The average molecular weight is 289 g/mol. The van der Waals surface area contributed by atoms with Gasteiger partial charge in [-0.05, 0) is 43.6 Å². The fourth-order valence-electron chi connectivity index (χ4n) is 4.52. The number of hydrogen-bond donors (Lipinski definition) is 1. The molecular weight excluding hydrogens is 266 g/mol. The van der Waals surface area contributed by atoms with Gasteiger partial charge >= 0.3 is 0 Å². The molecular formula is C16H23N3S. The van der Waals surface area contributed by atoms with Gasteiger partial charge in [0.2, 0.25) is 0 Å². The molecule has 4 unspecified atom stereocenters. The third kappa shape index (κ3) is 2.19. The number of likely N-dealkylation sites (N-methyl/N-ethyl adjacent to an activating group) is 1. The predicted octanol–water partition coefficient (Wildman–Crippen LogP) is 3.35. The number of rotatable bonds is 5. The molecule has 4 atom stereocenters. The molecule has 0 aliphatic heterocycles. The number of thiazole rings is 1. The lowest BCUT2D eigenvalue weighted by Gasteiger charge is -2.30. The topological polar surface area (TPSA) is 29.3 Å². The minimum atomic E-state index is 0.625. The fraction of sp³-hybridized carbons (Fsp3) is 0.688. The Morgan fingerprint density at radius 3 is 3.10 bits per heavy atom. The van der Waals surface area contributed by atoms with Crippen LogP contribution >= 0.6 is 11.3 Å². The minimum Gasteiger partial charge on any atom is -0.314 e. The van der Waals surface area contributed by atoms with Gasteiger partial charge in [0.15, 0.2) is 4.96 Å². The zero-order valence-corrected chi connectivity index (χ0v) is 12.9. The molecule has 2 aliphatic rings. The van der Waals surface area contributed by atoms with Gasteiger partial charge in [-0.25, -0.2) is 4.98 Å². The van der Waals surface area contributed by atoms with Crippen molar-refractivity contribution < 1.29 is 0 Å². The van der Waals surface area contributed by atoms with Crippen LogP contribution in [0.2, 0.25) is 0 Å². The van der Waals surface area contributed by atoms with Crippen LogP contribution in [0.25, 0.3) is 4.96 Å². The number of fused-ring (bicyclic) bond motifs is 3. The predicted molar refractivity (Wildman–Crippen MR) is 83.2 cm³/mol. The van der Waals surface area contributed by atoms with E-state index in [9.17, 15) is 0 Å². The van der Waals surface area contributed by atoms with Crippen molar-refractivity contribution in [2.45, 2.75) is 45.1 Å². The van der Waals surface area contributed by atoms with Crippen LogP contribution in [0, 0.1) is 17.8 Å². The van der Waals surface area contributed by atoms with E-state index in [4.69, 9.17) is 4.98 Å². The number of aromatic nitrogens is 2. The Balaban J connectivity index is 1.52. The smallest absolute Gasteiger partial charge is 0.193 e. The van der Waals surface area contributed by atoms with E-state index >= 15 is 0 Å². The Kier molecular flexibility index (Phi) is 3.31. The number of hydrogen-bond acceptors (Lipinski definition) is 3. The third-order valence-corrected chi connectivity index (χ3v) is 6.12. The van der Waals surface area contributed by atoms with Crippen molar-refractivity contribution in [3.05, 3.63) is 23.5 Å². The molecule has 20 heavy (non-hydrogen) atoms. The highest BCUT2D eigenvalue weighted by atomic mass is 32.1. The highest BCUT2D eigenvalue weighted by Gasteiger charge is 2.42. The van der Waals surface area contributed by atoms with Crippen LogP contribution in [-0.2, 0) is 6.42 Å². The standard InChI is InChI=1S/C16H23N3S/c1-2-17-15(14-8-11-3-4-12(14)7-11)9-13-10-19-5-6-20-16(19)18-13/h5-6,10-12,14-15,17H,2-4,7-9H2,1H3. The van der Waals surface area contributed by atoms with E-state index in [0.717, 1.165) is 35.7 Å². The summed E-state index contributed by atoms with van der Waals surface area (Å²) in [6, 6.07) is 0.625. The summed E-state index contributed by atoms with van der Waals surface area (Å²) < 4.78 is 2.16. The van der Waals surface area contributed by atoms with Crippen LogP contribution in [0.15, 0.2) is 17.8 Å². The lowest BCUT2D eigenvalue weighted by atomic mass is 9.81. The van der Waals surface area contributed by atoms with Gasteiger partial charge in [0, 0.05) is 30.2 Å². The zero-order valence-electron chi connectivity index (χ0n) is 12.1. The molecule has 2 heterocycles. The van der Waals surface area contributed by atoms with Crippen molar-refractivity contribution >= 4 is 16.3 Å². The van der Waals surface area contributed by atoms with E-state index in [1.807, 2.05) is 0 Å². The highest BCUT2D eigenvalue weighted by Crippen LogP contribution is 2.49. The van der Waals surface area contributed by atoms with Crippen LogP contribution in [0.4, 0.5) is 0 Å². The third-order valence-electron chi connectivity index (χ3n) is 5.35. The lowest BCUT2D eigenvalue weighted by Crippen LogP contribution is -2.40. The summed E-state index contributed by atoms with van der Waals surface area (Å²) >= 11 is 1.72. The maximum Gasteiger partial charge on any atom is 0.193 e. The summed E-state index contributed by atoms with van der Waals surface area (Å²) in [4.78, 5) is 5.90. The summed E-state index contributed by atoms with van der Waals surface area (Å²) in [6.45, 7) is 3.30. The first kappa shape index (κ1) is 12.8. The maximum atomic E-state index is 4.77. The van der Waals surface area contributed by atoms with Gasteiger partial charge < -0.3 is 5.32 Å². The largest absolute Gasteiger partial charge is 0.314 e. The molecule has 4 rings (SSSR count). The first-order chi connectivity index (χ1) is 9.83. The number of imidazole rings is 1. The quantitative estimate of drug-likeness (QED) is 0.914. The molecule has 0 radical (unpaired) electrons. The van der Waals surface area contributed by atoms with Crippen molar-refractivity contribution in [3.63, 3.8) is 0 Å². The van der Waals surface area contributed by atoms with Gasteiger partial charge in [-0.2, -0.15) is 0 Å². The molecule has 0 spiro atoms. The fourth-order valence-corrected chi connectivity index (χ4v) is 5.24. The van der Waals surface area contributed by atoms with Crippen LogP contribution in [0.1, 0.15) is 38.3 Å². The Labute approximate surface area is 124 Å². The average Bonchev–Trinajstić information content (AvgIpc) is 3.17. The van der Waals surface area contributed by atoms with Crippen molar-refractivity contribution in [3.8, 4) is 0 Å². The van der Waals surface area contributed by atoms with E-state index in [0.29, 0.717) is 6.04 Å². The van der Waals surface area contributed by atoms with Gasteiger partial charge in [-0.3, -0.25) is 4.40 Å². The summed E-state index contributed by atoms with van der Waals surface area (Å²) in [5, 5.41) is 5.85. The van der Waals surface area contributed by atoms with Crippen molar-refractivity contribution in [2.24, 2.45) is 17.8 Å². The molecule has 0 saturated heterocycles. The first-order valence-corrected chi connectivity index (χ1v) is 8.86. The molecule has 2 saturated carbocycles. The second-order valence-electron chi connectivity index (χ2n) is 6.53. The van der Waals surface area contributed by atoms with Crippen LogP contribution < -0.4 is 5.32 Å². The van der Waals surface area contributed by atoms with Crippen molar-refractivity contribution in [1.82, 2.24) is 14.7 Å². The Hall–Kier alpha value is -0.870. The summed E-state index contributed by atoms with van der Waals surface area (Å²) in [5.74, 6) is 2.89. The van der Waals surface area contributed by atoms with Gasteiger partial charge in [-0.1, -0.05) is 13.3 Å². The number of nitrogens with one attached hydrogen (secondary N) is 1. The summed E-state index contributed by atoms with van der Waals surface area (Å²) in [6.07, 6.45) is 11.3. The monoisotopic (exact) mass is 289 g/mol. The second-order valence-corrected chi connectivity index (χ2v) is 7.41. The number of nitrogens with zero attached hydrogens (tertiary/aromatic N) is 2. The van der Waals surface area contributed by atoms with E-state index in [2.05, 4.69) is 34.4 Å². The van der Waals surface area contributed by atoms with Crippen molar-refractivity contribution in [1.29, 1.82) is 0 Å². The van der Waals surface area contributed by atoms with Gasteiger partial charge in [0.05, 0.1) is 5.69 Å². The van der Waals surface area contributed by atoms with Gasteiger partial charge in [0.1, 0.15) is 0 Å². The summed E-state index contributed by atoms with van der Waals surface area (Å²) in [5.41, 5.74) is 1.26. The lowest BCUT2D eigenvalue weighted by molar-refractivity contribution is 0.248. The normalized spacial score (nSPS) is 30.4. The van der Waals surface area contributed by atoms with E-state index in [-0.39, 0.29) is 0 Å². The molecule has 2 fully saturated rings. The van der Waals surface area contributed by atoms with E-state index in [1.54, 1.807) is 11.3 Å². The zero-order chi connectivity index (χ0) is 13.5. The minimum absolute atomic E-state index is 0.625. The van der Waals surface area contributed by atoms with Crippen LogP contribution in [0.3, 0.4) is 0 Å². The summed E-state index contributed by atoms with van der Waals surface area (Å²) in [7, 11) is 0. The highest BCUT2D eigenvalue weighted by molar-refractivity contribution is 7.15. The maximum absolute atomic E-state index is 4.77. The van der Waals surface area contributed by atoms with Gasteiger partial charge in [-0.15, -0.1) is 11.3 Å². The molecule has 2 bridgehead atoms. The van der Waals surface area contributed by atoms with Crippen molar-refractivity contribution in [2.75, 3.05) is 6.54 Å². The molecule has 2 aliphatic carbocycles. The molecule has 3 nitrogen and oxygen atoms in total.